The van der Waals surface area contributed by atoms with Crippen molar-refractivity contribution in [1.82, 2.24) is 14.9 Å². The molecule has 0 bridgehead atoms. The zero-order chi connectivity index (χ0) is 20.1. The number of nitrogens with two attached hydrogens (primary N) is 1. The predicted octanol–water partition coefficient (Wildman–Crippen LogP) is 1.80. The van der Waals surface area contributed by atoms with Crippen molar-refractivity contribution >= 4 is 11.8 Å². The summed E-state index contributed by atoms with van der Waals surface area (Å²) >= 11 is 0. The molecule has 1 spiro atoms. The van der Waals surface area contributed by atoms with E-state index in [-0.39, 0.29) is 5.91 Å². The molecular formula is C22H24N4O3. The molecule has 1 aliphatic carbocycles. The highest BCUT2D eigenvalue weighted by molar-refractivity contribution is 6.07. The highest BCUT2D eigenvalue weighted by Gasteiger charge is 2.58. The molecule has 5 rings (SSSR count). The van der Waals surface area contributed by atoms with Crippen LogP contribution in [-0.2, 0) is 26.3 Å². The number of benzene rings is 1. The minimum atomic E-state index is -0.960. The minimum absolute atomic E-state index is 0.122. The fourth-order valence-corrected chi connectivity index (χ4v) is 4.58. The smallest absolute Gasteiger partial charge is 0.238 e. The summed E-state index contributed by atoms with van der Waals surface area (Å²) in [6.45, 7) is 1.70. The molecule has 3 aliphatic rings. The molecule has 0 radical (unpaired) electrons. The van der Waals surface area contributed by atoms with Crippen molar-refractivity contribution in [2.24, 2.45) is 11.1 Å². The third-order valence-corrected chi connectivity index (χ3v) is 6.57. The van der Waals surface area contributed by atoms with E-state index in [1.807, 2.05) is 36.5 Å². The summed E-state index contributed by atoms with van der Waals surface area (Å²) in [6, 6.07) is 9.91. The summed E-state index contributed by atoms with van der Waals surface area (Å²) in [5.41, 5.74) is 7.06. The molecule has 2 fully saturated rings. The van der Waals surface area contributed by atoms with E-state index in [0.29, 0.717) is 51.2 Å². The number of amides is 2. The largest absolute Gasteiger partial charge is 0.369 e. The highest BCUT2D eigenvalue weighted by Crippen LogP contribution is 2.48. The molecule has 0 atom stereocenters. The average Bonchev–Trinajstić information content (AvgIpc) is 3.57. The SMILES string of the molecule is NC(=O)C1(C(=O)N2CCC3(CC2)OCCc2cnc(-c4ccccc4)nc23)CC1. The average molecular weight is 392 g/mol. The number of ether oxygens (including phenoxy) is 1. The first-order valence-corrected chi connectivity index (χ1v) is 10.2. The zero-order valence-electron chi connectivity index (χ0n) is 16.3. The first kappa shape index (κ1) is 18.2. The number of primary amides is 1. The van der Waals surface area contributed by atoms with Crippen molar-refractivity contribution in [3.05, 3.63) is 47.8 Å². The molecule has 0 unspecified atom stereocenters. The molecule has 1 aromatic heterocycles. The Morgan fingerprint density at radius 2 is 1.79 bits per heavy atom. The lowest BCUT2D eigenvalue weighted by molar-refractivity contribution is -0.150. The van der Waals surface area contributed by atoms with Gasteiger partial charge in [0.1, 0.15) is 11.0 Å². The fourth-order valence-electron chi connectivity index (χ4n) is 4.58. The van der Waals surface area contributed by atoms with Crippen LogP contribution in [0.4, 0.5) is 0 Å². The summed E-state index contributed by atoms with van der Waals surface area (Å²) in [6.07, 6.45) is 5.15. The standard InChI is InChI=1S/C22H24N4O3/c23-19(27)21(7-8-21)20(28)26-11-9-22(10-12-26)17-16(6-13-29-22)14-24-18(25-17)15-4-2-1-3-5-15/h1-5,14H,6-13H2,(H2,23,27). The van der Waals surface area contributed by atoms with Crippen LogP contribution in [0, 0.1) is 5.41 Å². The number of hydrogen-bond acceptors (Lipinski definition) is 5. The molecule has 2 aromatic rings. The molecular weight excluding hydrogens is 368 g/mol. The number of piperidine rings is 1. The van der Waals surface area contributed by atoms with E-state index < -0.39 is 16.9 Å². The van der Waals surface area contributed by atoms with Gasteiger partial charge in [0.05, 0.1) is 12.3 Å². The minimum Gasteiger partial charge on any atom is -0.369 e. The van der Waals surface area contributed by atoms with Gasteiger partial charge in [0.15, 0.2) is 5.82 Å². The molecule has 1 saturated carbocycles. The van der Waals surface area contributed by atoms with Gasteiger partial charge in [-0.1, -0.05) is 30.3 Å². The Bertz CT molecular complexity index is 963. The lowest BCUT2D eigenvalue weighted by Crippen LogP contribution is -2.52. The lowest BCUT2D eigenvalue weighted by Gasteiger charge is -2.44. The highest BCUT2D eigenvalue weighted by atomic mass is 16.5. The van der Waals surface area contributed by atoms with Crippen molar-refractivity contribution in [3.63, 3.8) is 0 Å². The number of hydrogen-bond donors (Lipinski definition) is 1. The summed E-state index contributed by atoms with van der Waals surface area (Å²) in [5.74, 6) is 0.0734. The van der Waals surface area contributed by atoms with E-state index in [9.17, 15) is 9.59 Å². The van der Waals surface area contributed by atoms with Gasteiger partial charge in [-0.2, -0.15) is 0 Å². The summed E-state index contributed by atoms with van der Waals surface area (Å²) in [4.78, 5) is 35.8. The van der Waals surface area contributed by atoms with Crippen LogP contribution in [0.1, 0.15) is 36.9 Å². The van der Waals surface area contributed by atoms with Gasteiger partial charge >= 0.3 is 0 Å². The van der Waals surface area contributed by atoms with Gasteiger partial charge in [-0.3, -0.25) is 9.59 Å². The maximum Gasteiger partial charge on any atom is 0.238 e. The summed E-state index contributed by atoms with van der Waals surface area (Å²) < 4.78 is 6.28. The number of rotatable bonds is 3. The van der Waals surface area contributed by atoms with Crippen LogP contribution in [0.15, 0.2) is 36.5 Å². The quantitative estimate of drug-likeness (QED) is 0.803. The van der Waals surface area contributed by atoms with E-state index >= 15 is 0 Å². The zero-order valence-corrected chi connectivity index (χ0v) is 16.3. The number of fused-ring (bicyclic) bond motifs is 2. The first-order chi connectivity index (χ1) is 14.0. The van der Waals surface area contributed by atoms with Gasteiger partial charge in [-0.05, 0) is 37.7 Å². The monoisotopic (exact) mass is 392 g/mol. The van der Waals surface area contributed by atoms with E-state index in [1.54, 1.807) is 4.90 Å². The van der Waals surface area contributed by atoms with Crippen LogP contribution in [0.2, 0.25) is 0 Å². The molecule has 150 valence electrons. The first-order valence-electron chi connectivity index (χ1n) is 10.2. The second-order valence-corrected chi connectivity index (χ2v) is 8.26. The van der Waals surface area contributed by atoms with E-state index in [1.165, 1.54) is 0 Å². The molecule has 2 amide bonds. The molecule has 7 nitrogen and oxygen atoms in total. The van der Waals surface area contributed by atoms with Gasteiger partial charge in [0.2, 0.25) is 11.8 Å². The maximum atomic E-state index is 12.8. The molecule has 3 heterocycles. The van der Waals surface area contributed by atoms with Gasteiger partial charge < -0.3 is 15.4 Å². The second-order valence-electron chi connectivity index (χ2n) is 8.26. The Balaban J connectivity index is 1.41. The lowest BCUT2D eigenvalue weighted by atomic mass is 9.82. The van der Waals surface area contributed by atoms with Crippen LogP contribution in [0.25, 0.3) is 11.4 Å². The van der Waals surface area contributed by atoms with Crippen molar-refractivity contribution in [1.29, 1.82) is 0 Å². The molecule has 2 N–H and O–H groups in total. The summed E-state index contributed by atoms with van der Waals surface area (Å²) in [5, 5.41) is 0. The van der Waals surface area contributed by atoms with Crippen LogP contribution >= 0.6 is 0 Å². The molecule has 2 aliphatic heterocycles. The van der Waals surface area contributed by atoms with Gasteiger partial charge in [-0.15, -0.1) is 0 Å². The normalized spacial score (nSPS) is 21.4. The molecule has 1 saturated heterocycles. The number of carbonyl (C=O) groups is 2. The fraction of sp³-hybridized carbons (Fsp3) is 0.455. The third kappa shape index (κ3) is 2.92. The topological polar surface area (TPSA) is 98.4 Å². The number of nitrogens with zero attached hydrogens (tertiary/aromatic N) is 3. The van der Waals surface area contributed by atoms with E-state index in [4.69, 9.17) is 15.5 Å². The molecule has 7 heteroatoms. The van der Waals surface area contributed by atoms with Crippen molar-refractivity contribution in [2.75, 3.05) is 19.7 Å². The molecule has 1 aromatic carbocycles. The summed E-state index contributed by atoms with van der Waals surface area (Å²) in [7, 11) is 0. The Morgan fingerprint density at radius 1 is 1.07 bits per heavy atom. The predicted molar refractivity (Wildman–Crippen MR) is 105 cm³/mol. The van der Waals surface area contributed by atoms with Crippen molar-refractivity contribution in [2.45, 2.75) is 37.7 Å². The van der Waals surface area contributed by atoms with E-state index in [0.717, 1.165) is 23.2 Å². The van der Waals surface area contributed by atoms with Gasteiger partial charge in [-0.25, -0.2) is 9.97 Å². The number of likely N-dealkylation sites (tertiary alicyclic amines) is 1. The third-order valence-electron chi connectivity index (χ3n) is 6.57. The Labute approximate surface area is 169 Å². The number of carbonyl (C=O) groups excluding carboxylic acids is 2. The Hall–Kier alpha value is -2.80. The van der Waals surface area contributed by atoms with Crippen LogP contribution < -0.4 is 5.73 Å². The van der Waals surface area contributed by atoms with Crippen LogP contribution in [-0.4, -0.2) is 46.4 Å². The molecule has 29 heavy (non-hydrogen) atoms. The van der Waals surface area contributed by atoms with Crippen LogP contribution in [0.3, 0.4) is 0 Å². The van der Waals surface area contributed by atoms with Gasteiger partial charge in [0, 0.05) is 24.8 Å². The number of aromatic nitrogens is 2. The van der Waals surface area contributed by atoms with Crippen LogP contribution in [0.5, 0.6) is 0 Å². The maximum absolute atomic E-state index is 12.8. The van der Waals surface area contributed by atoms with E-state index in [2.05, 4.69) is 4.98 Å². The Kier molecular flexibility index (Phi) is 4.17. The van der Waals surface area contributed by atoms with Crippen molar-refractivity contribution in [3.8, 4) is 11.4 Å². The second kappa shape index (κ2) is 6.62. The Morgan fingerprint density at radius 3 is 2.45 bits per heavy atom. The van der Waals surface area contributed by atoms with Gasteiger partial charge in [0.25, 0.3) is 0 Å². The van der Waals surface area contributed by atoms with Crippen molar-refractivity contribution < 1.29 is 14.3 Å².